The molecule has 0 bridgehead atoms. The van der Waals surface area contributed by atoms with Gasteiger partial charge in [0, 0.05) is 29.1 Å². The molecule has 20 heavy (non-hydrogen) atoms. The van der Waals surface area contributed by atoms with Crippen LogP contribution < -0.4 is 5.73 Å². The number of hydrogen-bond donors (Lipinski definition) is 2. The average molecular weight is 270 g/mol. The molecule has 2 aromatic rings. The highest BCUT2D eigenvalue weighted by Gasteiger charge is 2.43. The van der Waals surface area contributed by atoms with E-state index in [1.165, 1.54) is 0 Å². The number of benzene rings is 1. The molecule has 0 amide bonds. The summed E-state index contributed by atoms with van der Waals surface area (Å²) in [5.74, 6) is 0.635. The van der Waals surface area contributed by atoms with Crippen LogP contribution in [0, 0.1) is 11.3 Å². The zero-order valence-corrected chi connectivity index (χ0v) is 11.9. The Kier molecular flexibility index (Phi) is 3.48. The number of rotatable bonds is 3. The minimum atomic E-state index is -0.531. The van der Waals surface area contributed by atoms with Crippen LogP contribution in [0.25, 0.3) is 10.9 Å². The summed E-state index contributed by atoms with van der Waals surface area (Å²) in [6, 6.07) is 9.97. The van der Waals surface area contributed by atoms with Gasteiger partial charge in [0.2, 0.25) is 0 Å². The molecule has 1 aromatic carbocycles. The predicted molar refractivity (Wildman–Crippen MR) is 81.2 cm³/mol. The first-order valence-corrected chi connectivity index (χ1v) is 7.38. The summed E-state index contributed by atoms with van der Waals surface area (Å²) in [5, 5.41) is 12.0. The van der Waals surface area contributed by atoms with E-state index in [0.29, 0.717) is 12.5 Å². The van der Waals surface area contributed by atoms with Gasteiger partial charge in [0.1, 0.15) is 0 Å². The van der Waals surface area contributed by atoms with Crippen LogP contribution in [-0.2, 0) is 0 Å². The number of pyridine rings is 1. The minimum absolute atomic E-state index is 0.189. The molecule has 1 fully saturated rings. The van der Waals surface area contributed by atoms with Gasteiger partial charge in [-0.15, -0.1) is 0 Å². The van der Waals surface area contributed by atoms with Crippen molar-refractivity contribution in [3.05, 3.63) is 42.1 Å². The molecule has 3 atom stereocenters. The number of aliphatic hydroxyl groups excluding tert-OH is 1. The quantitative estimate of drug-likeness (QED) is 0.901. The molecule has 0 spiro atoms. The van der Waals surface area contributed by atoms with Crippen molar-refractivity contribution in [3.63, 3.8) is 0 Å². The standard InChI is InChI=1S/C17H22N2O/c1-12-7-8-17(10-12,11-18)16(20)14-6-2-4-13-5-3-9-19-15(13)14/h2-6,9,12,16,20H,7-8,10-11,18H2,1H3. The molecule has 0 aliphatic heterocycles. The van der Waals surface area contributed by atoms with Crippen molar-refractivity contribution < 1.29 is 5.11 Å². The number of aromatic nitrogens is 1. The van der Waals surface area contributed by atoms with Crippen molar-refractivity contribution in [1.29, 1.82) is 0 Å². The monoisotopic (exact) mass is 270 g/mol. The van der Waals surface area contributed by atoms with E-state index in [1.54, 1.807) is 6.20 Å². The Balaban J connectivity index is 2.06. The van der Waals surface area contributed by atoms with Gasteiger partial charge in [0.05, 0.1) is 11.6 Å². The van der Waals surface area contributed by atoms with Crippen molar-refractivity contribution in [1.82, 2.24) is 4.98 Å². The summed E-state index contributed by atoms with van der Waals surface area (Å²) >= 11 is 0. The molecular weight excluding hydrogens is 248 g/mol. The first-order chi connectivity index (χ1) is 9.66. The van der Waals surface area contributed by atoms with E-state index in [9.17, 15) is 5.11 Å². The van der Waals surface area contributed by atoms with Gasteiger partial charge in [-0.05, 0) is 24.8 Å². The van der Waals surface area contributed by atoms with Crippen molar-refractivity contribution in [2.75, 3.05) is 6.54 Å². The van der Waals surface area contributed by atoms with Gasteiger partial charge in [-0.3, -0.25) is 4.98 Å². The Morgan fingerprint density at radius 1 is 1.40 bits per heavy atom. The summed E-state index contributed by atoms with van der Waals surface area (Å²) in [5.41, 5.74) is 7.66. The minimum Gasteiger partial charge on any atom is -0.388 e. The van der Waals surface area contributed by atoms with E-state index in [0.717, 1.165) is 35.7 Å². The molecule has 3 N–H and O–H groups in total. The summed E-state index contributed by atoms with van der Waals surface area (Å²) in [6.07, 6.45) is 4.39. The van der Waals surface area contributed by atoms with E-state index >= 15 is 0 Å². The maximum absolute atomic E-state index is 11.0. The van der Waals surface area contributed by atoms with Gasteiger partial charge in [0.15, 0.2) is 0 Å². The largest absolute Gasteiger partial charge is 0.388 e. The predicted octanol–water partition coefficient (Wildman–Crippen LogP) is 3.03. The summed E-state index contributed by atoms with van der Waals surface area (Å²) in [6.45, 7) is 2.77. The first-order valence-electron chi connectivity index (χ1n) is 7.38. The number of nitrogens with zero attached hydrogens (tertiary/aromatic N) is 1. The third kappa shape index (κ3) is 2.11. The van der Waals surface area contributed by atoms with E-state index < -0.39 is 6.10 Å². The lowest BCUT2D eigenvalue weighted by Crippen LogP contribution is -2.34. The van der Waals surface area contributed by atoms with Crippen LogP contribution in [0.4, 0.5) is 0 Å². The van der Waals surface area contributed by atoms with E-state index in [1.807, 2.05) is 30.3 Å². The highest BCUT2D eigenvalue weighted by Crippen LogP contribution is 2.49. The van der Waals surface area contributed by atoms with Gasteiger partial charge in [-0.1, -0.05) is 37.6 Å². The van der Waals surface area contributed by atoms with Gasteiger partial charge < -0.3 is 10.8 Å². The molecule has 3 unspecified atom stereocenters. The molecule has 3 nitrogen and oxygen atoms in total. The molecule has 3 heteroatoms. The van der Waals surface area contributed by atoms with Crippen molar-refractivity contribution in [3.8, 4) is 0 Å². The zero-order chi connectivity index (χ0) is 14.2. The lowest BCUT2D eigenvalue weighted by molar-refractivity contribution is 0.0318. The van der Waals surface area contributed by atoms with Gasteiger partial charge in [-0.25, -0.2) is 0 Å². The second kappa shape index (κ2) is 5.15. The fourth-order valence-corrected chi connectivity index (χ4v) is 3.66. The zero-order valence-electron chi connectivity index (χ0n) is 11.9. The maximum atomic E-state index is 11.0. The van der Waals surface area contributed by atoms with Crippen molar-refractivity contribution in [2.24, 2.45) is 17.1 Å². The van der Waals surface area contributed by atoms with E-state index in [2.05, 4.69) is 11.9 Å². The first kappa shape index (κ1) is 13.5. The smallest absolute Gasteiger partial charge is 0.0879 e. The normalized spacial score (nSPS) is 27.9. The highest BCUT2D eigenvalue weighted by molar-refractivity contribution is 5.82. The number of para-hydroxylation sites is 1. The van der Waals surface area contributed by atoms with E-state index in [-0.39, 0.29) is 5.41 Å². The van der Waals surface area contributed by atoms with Crippen LogP contribution in [0.1, 0.15) is 37.9 Å². The van der Waals surface area contributed by atoms with Crippen LogP contribution in [0.2, 0.25) is 0 Å². The van der Waals surface area contributed by atoms with Gasteiger partial charge in [-0.2, -0.15) is 0 Å². The Bertz CT molecular complexity index is 607. The van der Waals surface area contributed by atoms with Gasteiger partial charge >= 0.3 is 0 Å². The average Bonchev–Trinajstić information content (AvgIpc) is 2.88. The Labute approximate surface area is 119 Å². The molecule has 1 heterocycles. The molecule has 1 aliphatic carbocycles. The number of hydrogen-bond acceptors (Lipinski definition) is 3. The molecule has 0 saturated heterocycles. The summed E-state index contributed by atoms with van der Waals surface area (Å²) in [4.78, 5) is 4.46. The fraction of sp³-hybridized carbons (Fsp3) is 0.471. The number of fused-ring (bicyclic) bond motifs is 1. The topological polar surface area (TPSA) is 59.1 Å². The third-order valence-corrected chi connectivity index (χ3v) is 4.84. The summed E-state index contributed by atoms with van der Waals surface area (Å²) in [7, 11) is 0. The number of nitrogens with two attached hydrogens (primary N) is 1. The lowest BCUT2D eigenvalue weighted by atomic mass is 9.76. The van der Waals surface area contributed by atoms with Crippen molar-refractivity contribution >= 4 is 10.9 Å². The Morgan fingerprint density at radius 2 is 2.20 bits per heavy atom. The molecule has 1 aliphatic rings. The number of aliphatic hydroxyl groups is 1. The second-order valence-corrected chi connectivity index (χ2v) is 6.24. The molecule has 1 aromatic heterocycles. The molecular formula is C17H22N2O. The highest BCUT2D eigenvalue weighted by atomic mass is 16.3. The molecule has 0 radical (unpaired) electrons. The maximum Gasteiger partial charge on any atom is 0.0879 e. The second-order valence-electron chi connectivity index (χ2n) is 6.24. The van der Waals surface area contributed by atoms with Crippen LogP contribution in [0.5, 0.6) is 0 Å². The van der Waals surface area contributed by atoms with Crippen LogP contribution >= 0.6 is 0 Å². The molecule has 3 rings (SSSR count). The van der Waals surface area contributed by atoms with Gasteiger partial charge in [0.25, 0.3) is 0 Å². The SMILES string of the molecule is CC1CCC(CN)(C(O)c2cccc3cccnc23)C1. The Morgan fingerprint density at radius 3 is 2.90 bits per heavy atom. The summed E-state index contributed by atoms with van der Waals surface area (Å²) < 4.78 is 0. The van der Waals surface area contributed by atoms with Crippen LogP contribution in [0.3, 0.4) is 0 Å². The molecule has 1 saturated carbocycles. The third-order valence-electron chi connectivity index (χ3n) is 4.84. The van der Waals surface area contributed by atoms with Crippen LogP contribution in [0.15, 0.2) is 36.5 Å². The van der Waals surface area contributed by atoms with E-state index in [4.69, 9.17) is 5.73 Å². The fourth-order valence-electron chi connectivity index (χ4n) is 3.66. The van der Waals surface area contributed by atoms with Crippen molar-refractivity contribution in [2.45, 2.75) is 32.3 Å². The Hall–Kier alpha value is -1.45. The van der Waals surface area contributed by atoms with Crippen LogP contribution in [-0.4, -0.2) is 16.6 Å². The lowest BCUT2D eigenvalue weighted by Gasteiger charge is -2.34. The molecule has 106 valence electrons.